The Morgan fingerprint density at radius 1 is 1.26 bits per heavy atom. The number of sulfonamides is 1. The highest BCUT2D eigenvalue weighted by atomic mass is 32.2. The highest BCUT2D eigenvalue weighted by molar-refractivity contribution is 7.88. The number of carbonyl (C=O) groups excluding carboxylic acids is 1. The number of carbonyl (C=O) groups is 1. The number of aryl methyl sites for hydroxylation is 2. The molecular formula is C17H24N2O3S. The molecule has 0 aromatic heterocycles. The molecule has 0 bridgehead atoms. The van der Waals surface area contributed by atoms with Gasteiger partial charge in [-0.25, -0.2) is 13.1 Å². The van der Waals surface area contributed by atoms with Crippen LogP contribution in [0, 0.1) is 0 Å². The van der Waals surface area contributed by atoms with Gasteiger partial charge in [-0.05, 0) is 48.8 Å². The van der Waals surface area contributed by atoms with E-state index in [1.165, 1.54) is 24.0 Å². The lowest BCUT2D eigenvalue weighted by Gasteiger charge is -2.19. The summed E-state index contributed by atoms with van der Waals surface area (Å²) in [6, 6.07) is 6.24. The maximum atomic E-state index is 12.4. The predicted molar refractivity (Wildman–Crippen MR) is 89.8 cm³/mol. The van der Waals surface area contributed by atoms with E-state index in [2.05, 4.69) is 22.9 Å². The lowest BCUT2D eigenvalue weighted by molar-refractivity contribution is -0.129. The van der Waals surface area contributed by atoms with Crippen LogP contribution in [0.2, 0.25) is 0 Å². The third-order valence-electron chi connectivity index (χ3n) is 4.69. The van der Waals surface area contributed by atoms with E-state index in [1.54, 1.807) is 4.90 Å². The van der Waals surface area contributed by atoms with Gasteiger partial charge in [0.1, 0.15) is 0 Å². The van der Waals surface area contributed by atoms with E-state index >= 15 is 0 Å². The fourth-order valence-electron chi connectivity index (χ4n) is 3.57. The van der Waals surface area contributed by atoms with Crippen LogP contribution < -0.4 is 4.72 Å². The predicted octanol–water partition coefficient (Wildman–Crippen LogP) is 1.26. The molecule has 1 aromatic rings. The average molecular weight is 336 g/mol. The first-order valence-corrected chi connectivity index (χ1v) is 10.2. The molecule has 1 unspecified atom stereocenters. The van der Waals surface area contributed by atoms with E-state index in [0.29, 0.717) is 25.9 Å². The van der Waals surface area contributed by atoms with Gasteiger partial charge >= 0.3 is 0 Å². The SMILES string of the molecule is CS(=O)(=O)NC1CCN(C(=O)Cc2ccc3c(c2)CCCC3)C1. The molecule has 0 saturated carbocycles. The van der Waals surface area contributed by atoms with Gasteiger partial charge in [0.05, 0.1) is 12.7 Å². The summed E-state index contributed by atoms with van der Waals surface area (Å²) < 4.78 is 25.1. The Bertz CT molecular complexity index is 700. The van der Waals surface area contributed by atoms with Crippen molar-refractivity contribution in [2.24, 2.45) is 0 Å². The minimum absolute atomic E-state index is 0.0820. The Morgan fingerprint density at radius 2 is 2.00 bits per heavy atom. The molecule has 23 heavy (non-hydrogen) atoms. The number of amides is 1. The standard InChI is InChI=1S/C17H24N2O3S/c1-23(21,22)18-16-8-9-19(12-16)17(20)11-13-6-7-14-4-2-3-5-15(14)10-13/h6-7,10,16,18H,2-5,8-9,11-12H2,1H3. The number of likely N-dealkylation sites (tertiary alicyclic amines) is 1. The number of rotatable bonds is 4. The summed E-state index contributed by atoms with van der Waals surface area (Å²) in [5.74, 6) is 0.0820. The lowest BCUT2D eigenvalue weighted by Crippen LogP contribution is -2.38. The molecule has 126 valence electrons. The van der Waals surface area contributed by atoms with E-state index in [4.69, 9.17) is 0 Å². The second-order valence-electron chi connectivity index (χ2n) is 6.70. The maximum absolute atomic E-state index is 12.4. The number of nitrogens with one attached hydrogen (secondary N) is 1. The summed E-state index contributed by atoms with van der Waals surface area (Å²) in [6.07, 6.45) is 6.99. The molecule has 0 spiro atoms. The maximum Gasteiger partial charge on any atom is 0.227 e. The Balaban J connectivity index is 1.59. The number of fused-ring (bicyclic) bond motifs is 1. The number of nitrogens with zero attached hydrogens (tertiary/aromatic N) is 1. The van der Waals surface area contributed by atoms with E-state index in [0.717, 1.165) is 24.7 Å². The zero-order chi connectivity index (χ0) is 16.4. The van der Waals surface area contributed by atoms with Crippen molar-refractivity contribution in [2.45, 2.75) is 44.6 Å². The van der Waals surface area contributed by atoms with Crippen LogP contribution in [-0.2, 0) is 34.1 Å². The monoisotopic (exact) mass is 336 g/mol. The second kappa shape index (κ2) is 6.61. The molecule has 2 aliphatic rings. The Hall–Kier alpha value is -1.40. The van der Waals surface area contributed by atoms with Crippen LogP contribution in [0.25, 0.3) is 0 Å². The molecule has 1 fully saturated rings. The van der Waals surface area contributed by atoms with Crippen LogP contribution in [0.15, 0.2) is 18.2 Å². The van der Waals surface area contributed by atoms with Crippen LogP contribution in [0.1, 0.15) is 36.0 Å². The molecule has 1 N–H and O–H groups in total. The highest BCUT2D eigenvalue weighted by Gasteiger charge is 2.28. The molecule has 5 nitrogen and oxygen atoms in total. The average Bonchev–Trinajstić information content (AvgIpc) is 2.93. The first-order chi connectivity index (χ1) is 10.9. The molecular weight excluding hydrogens is 312 g/mol. The van der Waals surface area contributed by atoms with E-state index in [9.17, 15) is 13.2 Å². The third-order valence-corrected chi connectivity index (χ3v) is 5.45. The van der Waals surface area contributed by atoms with Crippen molar-refractivity contribution < 1.29 is 13.2 Å². The van der Waals surface area contributed by atoms with Crippen molar-refractivity contribution in [3.05, 3.63) is 34.9 Å². The number of hydrogen-bond donors (Lipinski definition) is 1. The lowest BCUT2D eigenvalue weighted by atomic mass is 9.90. The summed E-state index contributed by atoms with van der Waals surface area (Å²) in [5, 5.41) is 0. The normalized spacial score (nSPS) is 21.3. The van der Waals surface area contributed by atoms with Crippen molar-refractivity contribution in [3.63, 3.8) is 0 Å². The van der Waals surface area contributed by atoms with Crippen molar-refractivity contribution in [3.8, 4) is 0 Å². The van der Waals surface area contributed by atoms with Gasteiger partial charge in [-0.1, -0.05) is 18.2 Å². The number of benzene rings is 1. The van der Waals surface area contributed by atoms with Crippen molar-refractivity contribution in [1.82, 2.24) is 9.62 Å². The molecule has 1 aliphatic heterocycles. The fraction of sp³-hybridized carbons (Fsp3) is 0.588. The molecule has 1 aliphatic carbocycles. The summed E-state index contributed by atoms with van der Waals surface area (Å²) in [4.78, 5) is 14.2. The summed E-state index contributed by atoms with van der Waals surface area (Å²) in [7, 11) is -3.21. The third kappa shape index (κ3) is 4.32. The smallest absolute Gasteiger partial charge is 0.227 e. The Morgan fingerprint density at radius 3 is 2.74 bits per heavy atom. The summed E-state index contributed by atoms with van der Waals surface area (Å²) in [5.41, 5.74) is 3.88. The molecule has 1 aromatic carbocycles. The molecule has 1 saturated heterocycles. The molecule has 1 amide bonds. The van der Waals surface area contributed by atoms with E-state index in [-0.39, 0.29) is 11.9 Å². The Kier molecular flexibility index (Phi) is 4.73. The van der Waals surface area contributed by atoms with Gasteiger partial charge in [-0.2, -0.15) is 0 Å². The fourth-order valence-corrected chi connectivity index (χ4v) is 4.37. The molecule has 1 atom stereocenters. The van der Waals surface area contributed by atoms with Crippen LogP contribution in [0.5, 0.6) is 0 Å². The van der Waals surface area contributed by atoms with Gasteiger partial charge in [0.15, 0.2) is 0 Å². The zero-order valence-electron chi connectivity index (χ0n) is 13.5. The quantitative estimate of drug-likeness (QED) is 0.900. The van der Waals surface area contributed by atoms with Gasteiger partial charge < -0.3 is 4.90 Å². The van der Waals surface area contributed by atoms with Gasteiger partial charge in [0.2, 0.25) is 15.9 Å². The molecule has 0 radical (unpaired) electrons. The van der Waals surface area contributed by atoms with Gasteiger partial charge in [0, 0.05) is 19.1 Å². The molecule has 1 heterocycles. The highest BCUT2D eigenvalue weighted by Crippen LogP contribution is 2.23. The van der Waals surface area contributed by atoms with Gasteiger partial charge in [-0.3, -0.25) is 4.79 Å². The van der Waals surface area contributed by atoms with Crippen LogP contribution in [0.3, 0.4) is 0 Å². The Labute approximate surface area is 138 Å². The van der Waals surface area contributed by atoms with Crippen LogP contribution in [-0.4, -0.2) is 44.6 Å². The van der Waals surface area contributed by atoms with Gasteiger partial charge in [-0.15, -0.1) is 0 Å². The van der Waals surface area contributed by atoms with E-state index < -0.39 is 10.0 Å². The van der Waals surface area contributed by atoms with Gasteiger partial charge in [0.25, 0.3) is 0 Å². The zero-order valence-corrected chi connectivity index (χ0v) is 14.4. The topological polar surface area (TPSA) is 66.5 Å². The van der Waals surface area contributed by atoms with Crippen LogP contribution in [0.4, 0.5) is 0 Å². The van der Waals surface area contributed by atoms with E-state index in [1.807, 2.05) is 0 Å². The first-order valence-electron chi connectivity index (χ1n) is 8.26. The minimum atomic E-state index is -3.21. The summed E-state index contributed by atoms with van der Waals surface area (Å²) in [6.45, 7) is 1.09. The molecule has 6 heteroatoms. The molecule has 3 rings (SSSR count). The first kappa shape index (κ1) is 16.5. The largest absolute Gasteiger partial charge is 0.341 e. The van der Waals surface area contributed by atoms with Crippen molar-refractivity contribution in [1.29, 1.82) is 0 Å². The van der Waals surface area contributed by atoms with Crippen LogP contribution >= 0.6 is 0 Å². The number of hydrogen-bond acceptors (Lipinski definition) is 3. The van der Waals surface area contributed by atoms with Crippen molar-refractivity contribution >= 4 is 15.9 Å². The summed E-state index contributed by atoms with van der Waals surface area (Å²) >= 11 is 0. The minimum Gasteiger partial charge on any atom is -0.341 e. The van der Waals surface area contributed by atoms with Crippen molar-refractivity contribution in [2.75, 3.05) is 19.3 Å². The second-order valence-corrected chi connectivity index (χ2v) is 8.48.